The van der Waals surface area contributed by atoms with Crippen LogP contribution in [0.1, 0.15) is 18.4 Å². The zero-order valence-corrected chi connectivity index (χ0v) is 11.8. The predicted octanol–water partition coefficient (Wildman–Crippen LogP) is 0.625. The second-order valence-electron chi connectivity index (χ2n) is 5.02. The van der Waals surface area contributed by atoms with Gasteiger partial charge in [0.05, 0.1) is 5.75 Å². The van der Waals surface area contributed by atoms with Gasteiger partial charge in [0.2, 0.25) is 10.0 Å². The maximum absolute atomic E-state index is 12.3. The summed E-state index contributed by atoms with van der Waals surface area (Å²) >= 11 is 0. The molecular weight excluding hydrogens is 262 g/mol. The summed E-state index contributed by atoms with van der Waals surface area (Å²) in [5.74, 6) is 0.471. The van der Waals surface area contributed by atoms with E-state index in [2.05, 4.69) is 4.98 Å². The molecule has 2 heterocycles. The summed E-state index contributed by atoms with van der Waals surface area (Å²) in [5.41, 5.74) is 6.65. The van der Waals surface area contributed by atoms with Crippen LogP contribution in [-0.4, -0.2) is 43.1 Å². The van der Waals surface area contributed by atoms with E-state index in [4.69, 9.17) is 5.73 Å². The first kappa shape index (κ1) is 14.4. The largest absolute Gasteiger partial charge is 0.330 e. The molecule has 0 radical (unpaired) electrons. The average Bonchev–Trinajstić information content (AvgIpc) is 2.46. The van der Waals surface area contributed by atoms with Crippen LogP contribution in [0.3, 0.4) is 0 Å². The molecule has 0 spiro atoms. The fourth-order valence-corrected chi connectivity index (χ4v) is 3.99. The number of hydrogen-bond acceptors (Lipinski definition) is 4. The lowest BCUT2D eigenvalue weighted by Crippen LogP contribution is -2.43. The molecule has 106 valence electrons. The average molecular weight is 283 g/mol. The van der Waals surface area contributed by atoms with Gasteiger partial charge in [0.15, 0.2) is 0 Å². The van der Waals surface area contributed by atoms with Gasteiger partial charge in [-0.1, -0.05) is 0 Å². The molecule has 5 nitrogen and oxygen atoms in total. The lowest BCUT2D eigenvalue weighted by Gasteiger charge is -2.31. The van der Waals surface area contributed by atoms with Gasteiger partial charge in [-0.2, -0.15) is 0 Å². The molecule has 0 aliphatic carbocycles. The van der Waals surface area contributed by atoms with E-state index in [1.807, 2.05) is 12.1 Å². The van der Waals surface area contributed by atoms with E-state index in [1.54, 1.807) is 16.7 Å². The van der Waals surface area contributed by atoms with Gasteiger partial charge in [-0.15, -0.1) is 0 Å². The fourth-order valence-electron chi connectivity index (χ4n) is 2.40. The second kappa shape index (κ2) is 6.45. The zero-order chi connectivity index (χ0) is 13.7. The summed E-state index contributed by atoms with van der Waals surface area (Å²) in [7, 11) is -3.17. The number of pyridine rings is 1. The first-order valence-corrected chi connectivity index (χ1v) is 8.29. The molecule has 0 bridgehead atoms. The van der Waals surface area contributed by atoms with Crippen molar-refractivity contribution >= 4 is 10.0 Å². The van der Waals surface area contributed by atoms with Crippen molar-refractivity contribution in [3.8, 4) is 0 Å². The minimum absolute atomic E-state index is 0.161. The van der Waals surface area contributed by atoms with Gasteiger partial charge in [0.1, 0.15) is 0 Å². The molecule has 6 heteroatoms. The Hall–Kier alpha value is -0.980. The highest BCUT2D eigenvalue weighted by molar-refractivity contribution is 7.89. The third kappa shape index (κ3) is 3.99. The Morgan fingerprint density at radius 2 is 2.11 bits per heavy atom. The van der Waals surface area contributed by atoms with Crippen molar-refractivity contribution < 1.29 is 8.42 Å². The van der Waals surface area contributed by atoms with Crippen molar-refractivity contribution in [3.63, 3.8) is 0 Å². The quantitative estimate of drug-likeness (QED) is 0.859. The van der Waals surface area contributed by atoms with Gasteiger partial charge in [-0.25, -0.2) is 12.7 Å². The summed E-state index contributed by atoms with van der Waals surface area (Å²) in [6, 6.07) is 3.71. The molecule has 1 aliphatic rings. The summed E-state index contributed by atoms with van der Waals surface area (Å²) in [5, 5.41) is 0. The number of sulfonamides is 1. The van der Waals surface area contributed by atoms with E-state index in [0.29, 0.717) is 32.0 Å². The lowest BCUT2D eigenvalue weighted by atomic mass is 10.0. The molecule has 1 aliphatic heterocycles. The van der Waals surface area contributed by atoms with E-state index in [-0.39, 0.29) is 5.75 Å². The van der Waals surface area contributed by atoms with Gasteiger partial charge in [-0.3, -0.25) is 4.98 Å². The SMILES string of the molecule is NCC1CCCN(S(=O)(=O)CCc2ccncc2)C1. The molecule has 0 saturated carbocycles. The summed E-state index contributed by atoms with van der Waals surface area (Å²) in [4.78, 5) is 3.93. The van der Waals surface area contributed by atoms with Gasteiger partial charge in [0.25, 0.3) is 0 Å². The van der Waals surface area contributed by atoms with Crippen molar-refractivity contribution in [1.29, 1.82) is 0 Å². The Balaban J connectivity index is 1.94. The lowest BCUT2D eigenvalue weighted by molar-refractivity contribution is 0.271. The first-order valence-electron chi connectivity index (χ1n) is 6.68. The molecule has 19 heavy (non-hydrogen) atoms. The summed E-state index contributed by atoms with van der Waals surface area (Å²) in [6.07, 6.45) is 5.86. The molecule has 2 rings (SSSR count). The Morgan fingerprint density at radius 1 is 1.37 bits per heavy atom. The van der Waals surface area contributed by atoms with Crippen molar-refractivity contribution in [2.24, 2.45) is 11.7 Å². The van der Waals surface area contributed by atoms with E-state index < -0.39 is 10.0 Å². The van der Waals surface area contributed by atoms with Gasteiger partial charge in [-0.05, 0) is 49.4 Å². The van der Waals surface area contributed by atoms with Gasteiger partial charge < -0.3 is 5.73 Å². The molecule has 0 aromatic carbocycles. The zero-order valence-electron chi connectivity index (χ0n) is 11.0. The highest BCUT2D eigenvalue weighted by atomic mass is 32.2. The van der Waals surface area contributed by atoms with Crippen LogP contribution in [0.4, 0.5) is 0 Å². The molecule has 0 amide bonds. The van der Waals surface area contributed by atoms with Crippen molar-refractivity contribution in [2.75, 3.05) is 25.4 Å². The number of piperidine rings is 1. The maximum atomic E-state index is 12.3. The Labute approximate surface area is 114 Å². The minimum Gasteiger partial charge on any atom is -0.330 e. The molecule has 1 unspecified atom stereocenters. The third-order valence-corrected chi connectivity index (χ3v) is 5.44. The number of aryl methyl sites for hydroxylation is 1. The predicted molar refractivity (Wildman–Crippen MR) is 75.1 cm³/mol. The monoisotopic (exact) mass is 283 g/mol. The topological polar surface area (TPSA) is 76.3 Å². The Bertz CT molecular complexity index is 490. The smallest absolute Gasteiger partial charge is 0.214 e. The maximum Gasteiger partial charge on any atom is 0.214 e. The summed E-state index contributed by atoms with van der Waals surface area (Å²) in [6.45, 7) is 1.78. The molecule has 2 N–H and O–H groups in total. The van der Waals surface area contributed by atoms with E-state index in [0.717, 1.165) is 18.4 Å². The number of aromatic nitrogens is 1. The molecule has 1 atom stereocenters. The Kier molecular flexibility index (Phi) is 4.90. The van der Waals surface area contributed by atoms with Crippen LogP contribution >= 0.6 is 0 Å². The standard InChI is InChI=1S/C13H21N3O2S/c14-10-13-2-1-8-16(11-13)19(17,18)9-5-12-3-6-15-7-4-12/h3-4,6-7,13H,1-2,5,8-11,14H2. The number of rotatable bonds is 5. The fraction of sp³-hybridized carbons (Fsp3) is 0.615. The first-order chi connectivity index (χ1) is 9.12. The van der Waals surface area contributed by atoms with Crippen LogP contribution in [0.25, 0.3) is 0 Å². The number of hydrogen-bond donors (Lipinski definition) is 1. The van der Waals surface area contributed by atoms with Crippen LogP contribution in [0, 0.1) is 5.92 Å². The number of nitrogens with zero attached hydrogens (tertiary/aromatic N) is 2. The molecule has 1 aromatic rings. The Morgan fingerprint density at radius 3 is 2.79 bits per heavy atom. The van der Waals surface area contributed by atoms with Crippen LogP contribution in [0.2, 0.25) is 0 Å². The van der Waals surface area contributed by atoms with Crippen molar-refractivity contribution in [1.82, 2.24) is 9.29 Å². The van der Waals surface area contributed by atoms with Gasteiger partial charge in [0, 0.05) is 25.5 Å². The summed E-state index contributed by atoms with van der Waals surface area (Å²) < 4.78 is 26.2. The molecule has 1 aromatic heterocycles. The van der Waals surface area contributed by atoms with Crippen LogP contribution in [0.15, 0.2) is 24.5 Å². The number of nitrogens with two attached hydrogens (primary N) is 1. The third-order valence-electron chi connectivity index (χ3n) is 3.61. The molecule has 1 saturated heterocycles. The van der Waals surface area contributed by atoms with Crippen LogP contribution in [0.5, 0.6) is 0 Å². The van der Waals surface area contributed by atoms with E-state index >= 15 is 0 Å². The van der Waals surface area contributed by atoms with Crippen molar-refractivity contribution in [2.45, 2.75) is 19.3 Å². The minimum atomic E-state index is -3.17. The second-order valence-corrected chi connectivity index (χ2v) is 7.11. The molecular formula is C13H21N3O2S. The highest BCUT2D eigenvalue weighted by Crippen LogP contribution is 2.19. The van der Waals surface area contributed by atoms with E-state index in [1.165, 1.54) is 0 Å². The van der Waals surface area contributed by atoms with Gasteiger partial charge >= 0.3 is 0 Å². The van der Waals surface area contributed by atoms with Crippen LogP contribution < -0.4 is 5.73 Å². The van der Waals surface area contributed by atoms with Crippen molar-refractivity contribution in [3.05, 3.63) is 30.1 Å². The highest BCUT2D eigenvalue weighted by Gasteiger charge is 2.27. The molecule has 1 fully saturated rings. The van der Waals surface area contributed by atoms with E-state index in [9.17, 15) is 8.42 Å². The normalized spacial score (nSPS) is 21.4. The van der Waals surface area contributed by atoms with Crippen LogP contribution in [-0.2, 0) is 16.4 Å².